The third-order valence-electron chi connectivity index (χ3n) is 9.06. The summed E-state index contributed by atoms with van der Waals surface area (Å²) in [5.74, 6) is -2.26. The third kappa shape index (κ3) is 9.77. The number of carbonyl (C=O) groups excluding carboxylic acids is 4. The number of fused-ring (bicyclic) bond motifs is 1. The minimum absolute atomic E-state index is 0.0165. The normalized spacial score (nSPS) is 15.0. The highest BCUT2D eigenvalue weighted by atomic mass is 32.2. The number of amides is 3. The van der Waals surface area contributed by atoms with E-state index in [1.165, 1.54) is 11.8 Å². The first-order valence-corrected chi connectivity index (χ1v) is 20.0. The Balaban J connectivity index is 1.66. The zero-order valence-corrected chi connectivity index (χ0v) is 32.2. The van der Waals surface area contributed by atoms with Gasteiger partial charge in [-0.1, -0.05) is 102 Å². The van der Waals surface area contributed by atoms with Crippen molar-refractivity contribution in [2.24, 2.45) is 11.3 Å². The summed E-state index contributed by atoms with van der Waals surface area (Å²) < 4.78 is 6.09. The number of para-hydroxylation sites is 1. The van der Waals surface area contributed by atoms with E-state index < -0.39 is 41.9 Å². The fourth-order valence-corrected chi connectivity index (χ4v) is 8.06. The highest BCUT2D eigenvalue weighted by Crippen LogP contribution is 2.51. The Bertz CT molecular complexity index is 1710. The molecule has 10 nitrogen and oxygen atoms in total. The van der Waals surface area contributed by atoms with Gasteiger partial charge < -0.3 is 20.5 Å². The van der Waals surface area contributed by atoms with Crippen molar-refractivity contribution in [3.05, 3.63) is 78.4 Å². The summed E-state index contributed by atoms with van der Waals surface area (Å²) >= 11 is 1.75. The maximum atomic E-state index is 14.7. The number of carboxylic acids is 1. The van der Waals surface area contributed by atoms with Crippen molar-refractivity contribution in [2.75, 3.05) is 17.8 Å². The van der Waals surface area contributed by atoms with Crippen LogP contribution in [-0.2, 0) is 24.0 Å². The van der Waals surface area contributed by atoms with Gasteiger partial charge in [0.15, 0.2) is 11.7 Å². The number of carboxylic acid groups (broad SMARTS) is 1. The molecule has 2 atom stereocenters. The number of aliphatic carboxylic acids is 1. The van der Waals surface area contributed by atoms with E-state index in [1.807, 2.05) is 56.5 Å². The first-order chi connectivity index (χ1) is 24.9. The lowest BCUT2D eigenvalue weighted by molar-refractivity contribution is -0.142. The van der Waals surface area contributed by atoms with Gasteiger partial charge in [-0.15, -0.1) is 23.5 Å². The average molecular weight is 749 g/mol. The van der Waals surface area contributed by atoms with Crippen molar-refractivity contribution in [2.45, 2.75) is 94.5 Å². The molecule has 279 valence electrons. The van der Waals surface area contributed by atoms with E-state index in [1.54, 1.807) is 41.3 Å². The van der Waals surface area contributed by atoms with E-state index in [9.17, 15) is 29.1 Å². The summed E-state index contributed by atoms with van der Waals surface area (Å²) in [4.78, 5) is 70.7. The molecule has 1 aliphatic rings. The summed E-state index contributed by atoms with van der Waals surface area (Å²) in [7, 11) is 0. The molecule has 0 bridgehead atoms. The lowest BCUT2D eigenvalue weighted by Crippen LogP contribution is -2.48. The Morgan fingerprint density at radius 2 is 1.54 bits per heavy atom. The standard InChI is InChI=1S/C40H50N3O7S2/c1-6-8-20-40(21-9-7-2)38(48)43(28-18-14-11-15-19-28)30-23-33(51-5)31(24-32(30)52-39(40)49)50-25-34(44)42-35(27-16-12-10-13-17-27)36(45)41-29(37(46)47)22-26(3)4/h10-19,23-24,26,29,35,52H,6-9,20-22,25H2,1-5H3,(H,41,45)(H,42,44)(H,46,47)/t29-,35+/m0/s1. The molecule has 3 N–H and O–H groups in total. The fourth-order valence-electron chi connectivity index (χ4n) is 6.29. The number of benzene rings is 3. The van der Waals surface area contributed by atoms with Crippen LogP contribution in [0, 0.1) is 11.3 Å². The maximum Gasteiger partial charge on any atom is 0.326 e. The second-order valence-electron chi connectivity index (χ2n) is 13.4. The average Bonchev–Trinajstić information content (AvgIpc) is 3.21. The number of nitrogens with zero attached hydrogens (tertiary/aromatic N) is 1. The van der Waals surface area contributed by atoms with Crippen molar-refractivity contribution in [1.82, 2.24) is 10.6 Å². The van der Waals surface area contributed by atoms with Gasteiger partial charge in [0, 0.05) is 10.6 Å². The number of carbonyl (C=O) groups is 5. The summed E-state index contributed by atoms with van der Waals surface area (Å²) in [5, 5.41) is 14.9. The lowest BCUT2D eigenvalue weighted by Gasteiger charge is -2.34. The van der Waals surface area contributed by atoms with Crippen molar-refractivity contribution in [3.63, 3.8) is 0 Å². The molecule has 0 unspecified atom stereocenters. The quantitative estimate of drug-likeness (QED) is 0.0591. The maximum absolute atomic E-state index is 14.7. The van der Waals surface area contributed by atoms with Gasteiger partial charge in [0.1, 0.15) is 23.2 Å². The van der Waals surface area contributed by atoms with E-state index in [4.69, 9.17) is 4.74 Å². The molecule has 0 fully saturated rings. The molecule has 52 heavy (non-hydrogen) atoms. The van der Waals surface area contributed by atoms with Crippen LogP contribution in [0.15, 0.2) is 82.6 Å². The van der Waals surface area contributed by atoms with Gasteiger partial charge in [0.05, 0.1) is 10.6 Å². The number of rotatable bonds is 18. The molecule has 3 amide bonds. The molecule has 0 aliphatic carbocycles. The molecule has 1 radical (unpaired) electrons. The summed E-state index contributed by atoms with van der Waals surface area (Å²) in [5.41, 5.74) is 0.567. The number of anilines is 2. The Morgan fingerprint density at radius 1 is 0.923 bits per heavy atom. The van der Waals surface area contributed by atoms with Crippen LogP contribution < -0.4 is 20.3 Å². The number of unbranched alkanes of at least 4 members (excludes halogenated alkanes) is 2. The summed E-state index contributed by atoms with van der Waals surface area (Å²) in [6, 6.07) is 19.2. The number of thiol groups is 1. The monoisotopic (exact) mass is 748 g/mol. The van der Waals surface area contributed by atoms with Crippen molar-refractivity contribution < 1.29 is 33.8 Å². The second-order valence-corrected chi connectivity index (χ2v) is 15.4. The highest BCUT2D eigenvalue weighted by Gasteiger charge is 2.50. The van der Waals surface area contributed by atoms with E-state index in [-0.39, 0.29) is 23.4 Å². The van der Waals surface area contributed by atoms with Crippen LogP contribution in [0.2, 0.25) is 0 Å². The minimum atomic E-state index is -1.18. The van der Waals surface area contributed by atoms with Crippen LogP contribution in [-0.4, -0.2) is 52.8 Å². The van der Waals surface area contributed by atoms with Crippen LogP contribution in [0.4, 0.5) is 11.4 Å². The molecule has 3 aromatic carbocycles. The van der Waals surface area contributed by atoms with Gasteiger partial charge >= 0.3 is 5.97 Å². The van der Waals surface area contributed by atoms with Gasteiger partial charge in [0.25, 0.3) is 5.91 Å². The Kier molecular flexibility index (Phi) is 14.8. The fraction of sp³-hybridized carbons (Fsp3) is 0.425. The van der Waals surface area contributed by atoms with Crippen LogP contribution >= 0.6 is 23.5 Å². The van der Waals surface area contributed by atoms with E-state index >= 15 is 0 Å². The number of ether oxygens (including phenoxy) is 1. The number of nitrogens with one attached hydrogen (secondary N) is 2. The molecule has 0 spiro atoms. The summed E-state index contributed by atoms with van der Waals surface area (Å²) in [6.07, 6.45) is 6.20. The summed E-state index contributed by atoms with van der Waals surface area (Å²) in [6.45, 7) is 7.38. The van der Waals surface area contributed by atoms with E-state index in [2.05, 4.69) is 24.5 Å². The van der Waals surface area contributed by atoms with Gasteiger partial charge in [-0.25, -0.2) is 4.79 Å². The largest absolute Gasteiger partial charge is 0.483 e. The van der Waals surface area contributed by atoms with Gasteiger partial charge in [-0.2, -0.15) is 0 Å². The van der Waals surface area contributed by atoms with Gasteiger partial charge in [-0.3, -0.25) is 24.1 Å². The van der Waals surface area contributed by atoms with Crippen molar-refractivity contribution in [3.8, 4) is 5.75 Å². The molecule has 0 aromatic heterocycles. The predicted molar refractivity (Wildman–Crippen MR) is 207 cm³/mol. The first-order valence-electron chi connectivity index (χ1n) is 17.8. The minimum Gasteiger partial charge on any atom is -0.483 e. The molecule has 1 aliphatic heterocycles. The Morgan fingerprint density at radius 3 is 2.10 bits per heavy atom. The molecule has 1 heterocycles. The molecule has 3 aromatic rings. The van der Waals surface area contributed by atoms with Crippen molar-refractivity contribution >= 4 is 63.7 Å². The highest BCUT2D eigenvalue weighted by molar-refractivity contribution is 8.14. The number of hydrogen-bond acceptors (Lipinski definition) is 7. The van der Waals surface area contributed by atoms with Gasteiger partial charge in [0.2, 0.25) is 11.8 Å². The second kappa shape index (κ2) is 19.0. The Hall–Kier alpha value is -4.29. The molecule has 4 rings (SSSR count). The van der Waals surface area contributed by atoms with Crippen LogP contribution in [0.3, 0.4) is 0 Å². The zero-order valence-electron chi connectivity index (χ0n) is 30.5. The topological polar surface area (TPSA) is 142 Å². The zero-order chi connectivity index (χ0) is 37.8. The third-order valence-corrected chi connectivity index (χ3v) is 11.0. The van der Waals surface area contributed by atoms with Crippen LogP contribution in [0.25, 0.3) is 0 Å². The Labute approximate surface area is 314 Å². The molecular formula is C40H50N3O7S2. The van der Waals surface area contributed by atoms with Crippen molar-refractivity contribution in [1.29, 1.82) is 0 Å². The number of hydrogen-bond donors (Lipinski definition) is 4. The molecule has 0 saturated heterocycles. The molecule has 0 saturated carbocycles. The lowest BCUT2D eigenvalue weighted by atomic mass is 9.77. The SMILES string of the molecule is CCCCC1(CCCC)C(=O)[SH]c2cc(OCC(=O)N[C@@H](C(=O)N[C@@H](CC(C)C)C(=O)O)c3ccccc3)c(SC)cc2N(c2ccccc2)C1=O. The van der Waals surface area contributed by atoms with Crippen LogP contribution in [0.5, 0.6) is 5.75 Å². The molecular weight excluding hydrogens is 699 g/mol. The first kappa shape index (κ1) is 40.5. The number of thioether (sulfide) groups is 1. The molecule has 12 heteroatoms. The predicted octanol–water partition coefficient (Wildman–Crippen LogP) is 7.66. The van der Waals surface area contributed by atoms with Gasteiger partial charge in [-0.05, 0) is 61.3 Å². The van der Waals surface area contributed by atoms with Crippen LogP contribution in [0.1, 0.15) is 84.2 Å². The van der Waals surface area contributed by atoms with E-state index in [0.29, 0.717) is 57.1 Å². The van der Waals surface area contributed by atoms with E-state index in [0.717, 1.165) is 25.7 Å². The smallest absolute Gasteiger partial charge is 0.326 e.